The number of carboxylic acids is 1. The van der Waals surface area contributed by atoms with E-state index in [0.29, 0.717) is 33.3 Å². The van der Waals surface area contributed by atoms with Gasteiger partial charge in [-0.2, -0.15) is 18.3 Å². The Morgan fingerprint density at radius 3 is 2.70 bits per heavy atom. The second-order valence-corrected chi connectivity index (χ2v) is 8.52. The highest BCUT2D eigenvalue weighted by Crippen LogP contribution is 2.57. The molecular weight excluding hydrogens is 435 g/mol. The minimum absolute atomic E-state index is 0.0111. The highest BCUT2D eigenvalue weighted by Gasteiger charge is 2.57. The first-order valence-corrected chi connectivity index (χ1v) is 10.5. The molecule has 1 saturated carbocycles. The lowest BCUT2D eigenvalue weighted by Gasteiger charge is -2.18. The molecule has 2 N–H and O–H groups in total. The van der Waals surface area contributed by atoms with Crippen LogP contribution in [0.15, 0.2) is 47.0 Å². The summed E-state index contributed by atoms with van der Waals surface area (Å²) >= 11 is 0. The Balaban J connectivity index is 1.60. The molecule has 2 unspecified atom stereocenters. The maximum Gasteiger partial charge on any atom is 0.392 e. The zero-order chi connectivity index (χ0) is 23.5. The first-order valence-electron chi connectivity index (χ1n) is 10.5. The van der Waals surface area contributed by atoms with Gasteiger partial charge in [-0.25, -0.2) is 4.79 Å². The van der Waals surface area contributed by atoms with Crippen molar-refractivity contribution in [1.29, 1.82) is 0 Å². The molecule has 4 aromatic rings. The summed E-state index contributed by atoms with van der Waals surface area (Å²) in [6.45, 7) is 3.77. The molecule has 33 heavy (non-hydrogen) atoms. The second-order valence-electron chi connectivity index (χ2n) is 8.52. The summed E-state index contributed by atoms with van der Waals surface area (Å²) in [4.78, 5) is 11.6. The first kappa shape index (κ1) is 21.2. The van der Waals surface area contributed by atoms with Crippen molar-refractivity contribution in [3.05, 3.63) is 64.8 Å². The van der Waals surface area contributed by atoms with Crippen LogP contribution in [-0.4, -0.2) is 27.4 Å². The molecule has 1 aliphatic carbocycles. The third-order valence-corrected chi connectivity index (χ3v) is 6.16. The van der Waals surface area contributed by atoms with Crippen LogP contribution < -0.4 is 5.32 Å². The molecule has 0 bridgehead atoms. The maximum absolute atomic E-state index is 13.2. The number of nitrogens with one attached hydrogen (secondary N) is 1. The zero-order valence-corrected chi connectivity index (χ0v) is 17.8. The summed E-state index contributed by atoms with van der Waals surface area (Å²) in [6.07, 6.45) is -2.89. The molecule has 2 aromatic carbocycles. The molecule has 0 radical (unpaired) electrons. The van der Waals surface area contributed by atoms with Gasteiger partial charge in [0.25, 0.3) is 0 Å². The van der Waals surface area contributed by atoms with Gasteiger partial charge in [0.05, 0.1) is 23.7 Å². The number of aryl methyl sites for hydroxylation is 1. The number of halogens is 3. The SMILES string of the molecule is Cc1cc([C@@H](C)Nc2ccccc2C(=O)O)c2oc3c(C4CC4C(F)(F)F)cnnc3c2c1. The van der Waals surface area contributed by atoms with Crippen LogP contribution in [-0.2, 0) is 0 Å². The molecule has 5 rings (SSSR count). The van der Waals surface area contributed by atoms with Gasteiger partial charge in [0, 0.05) is 28.1 Å². The van der Waals surface area contributed by atoms with Gasteiger partial charge < -0.3 is 14.8 Å². The van der Waals surface area contributed by atoms with Crippen LogP contribution in [0, 0.1) is 12.8 Å². The van der Waals surface area contributed by atoms with E-state index in [2.05, 4.69) is 15.5 Å². The molecule has 0 saturated heterocycles. The minimum Gasteiger partial charge on any atom is -0.478 e. The predicted molar refractivity (Wildman–Crippen MR) is 116 cm³/mol. The van der Waals surface area contributed by atoms with Crippen LogP contribution in [0.2, 0.25) is 0 Å². The zero-order valence-electron chi connectivity index (χ0n) is 17.8. The topological polar surface area (TPSA) is 88.2 Å². The van der Waals surface area contributed by atoms with Crippen LogP contribution in [0.3, 0.4) is 0 Å². The molecule has 3 atom stereocenters. The molecule has 0 amide bonds. The Kier molecular flexibility index (Phi) is 4.81. The number of hydrogen-bond donors (Lipinski definition) is 2. The molecular formula is C24H20F3N3O3. The molecule has 2 aromatic heterocycles. The van der Waals surface area contributed by atoms with E-state index in [1.807, 2.05) is 26.0 Å². The lowest BCUT2D eigenvalue weighted by molar-refractivity contribution is -0.148. The summed E-state index contributed by atoms with van der Waals surface area (Å²) in [5.74, 6) is -3.13. The van der Waals surface area contributed by atoms with Crippen molar-refractivity contribution in [2.24, 2.45) is 5.92 Å². The molecule has 2 heterocycles. The van der Waals surface area contributed by atoms with Gasteiger partial charge in [-0.15, -0.1) is 5.10 Å². The minimum atomic E-state index is -4.26. The number of alkyl halides is 3. The third kappa shape index (κ3) is 3.67. The predicted octanol–water partition coefficient (Wildman–Crippen LogP) is 6.22. The second kappa shape index (κ2) is 7.47. The van der Waals surface area contributed by atoms with Gasteiger partial charge in [-0.1, -0.05) is 18.2 Å². The van der Waals surface area contributed by atoms with Gasteiger partial charge in [-0.05, 0) is 44.0 Å². The number of para-hydroxylation sites is 1. The van der Waals surface area contributed by atoms with Gasteiger partial charge >= 0.3 is 12.1 Å². The van der Waals surface area contributed by atoms with E-state index in [0.717, 1.165) is 11.1 Å². The highest BCUT2D eigenvalue weighted by molar-refractivity contribution is 6.05. The number of anilines is 1. The number of aromatic nitrogens is 2. The maximum atomic E-state index is 13.2. The summed E-state index contributed by atoms with van der Waals surface area (Å²) in [5, 5.41) is 21.5. The molecule has 0 spiro atoms. The Hall–Kier alpha value is -3.62. The van der Waals surface area contributed by atoms with Crippen molar-refractivity contribution >= 4 is 33.7 Å². The van der Waals surface area contributed by atoms with E-state index < -0.39 is 24.0 Å². The number of carboxylic acid groups (broad SMARTS) is 1. The van der Waals surface area contributed by atoms with Crippen LogP contribution in [0.25, 0.3) is 22.1 Å². The summed E-state index contributed by atoms with van der Waals surface area (Å²) < 4.78 is 45.7. The van der Waals surface area contributed by atoms with Crippen molar-refractivity contribution in [3.8, 4) is 0 Å². The molecule has 6 nitrogen and oxygen atoms in total. The largest absolute Gasteiger partial charge is 0.478 e. The summed E-state index contributed by atoms with van der Waals surface area (Å²) in [7, 11) is 0. The fourth-order valence-corrected chi connectivity index (χ4v) is 4.46. The smallest absolute Gasteiger partial charge is 0.392 e. The van der Waals surface area contributed by atoms with Crippen LogP contribution >= 0.6 is 0 Å². The molecule has 9 heteroatoms. The molecule has 1 aliphatic rings. The van der Waals surface area contributed by atoms with Gasteiger partial charge in [0.2, 0.25) is 0 Å². The van der Waals surface area contributed by atoms with Gasteiger partial charge in [-0.3, -0.25) is 0 Å². The van der Waals surface area contributed by atoms with Crippen molar-refractivity contribution in [2.75, 3.05) is 5.32 Å². The van der Waals surface area contributed by atoms with Crippen molar-refractivity contribution in [1.82, 2.24) is 10.2 Å². The van der Waals surface area contributed by atoms with Crippen LogP contribution in [0.5, 0.6) is 0 Å². The number of fused-ring (bicyclic) bond motifs is 3. The van der Waals surface area contributed by atoms with E-state index in [9.17, 15) is 23.1 Å². The fraction of sp³-hybridized carbons (Fsp3) is 0.292. The monoisotopic (exact) mass is 455 g/mol. The highest BCUT2D eigenvalue weighted by atomic mass is 19.4. The van der Waals surface area contributed by atoms with E-state index >= 15 is 0 Å². The molecule has 170 valence electrons. The van der Waals surface area contributed by atoms with Crippen LogP contribution in [0.4, 0.5) is 18.9 Å². The van der Waals surface area contributed by atoms with Crippen LogP contribution in [0.1, 0.15) is 52.4 Å². The Labute approximate surface area is 186 Å². The number of benzene rings is 2. The summed E-state index contributed by atoms with van der Waals surface area (Å²) in [5.41, 5.74) is 3.91. The number of rotatable bonds is 5. The summed E-state index contributed by atoms with van der Waals surface area (Å²) in [6, 6.07) is 10.0. The number of aromatic carboxylic acids is 1. The average Bonchev–Trinajstić information content (AvgIpc) is 3.49. The Bertz CT molecular complexity index is 1400. The molecule has 1 fully saturated rings. The molecule has 0 aliphatic heterocycles. The lowest BCUT2D eigenvalue weighted by atomic mass is 10.0. The first-order chi connectivity index (χ1) is 15.6. The number of nitrogens with zero attached hydrogens (tertiary/aromatic N) is 2. The van der Waals surface area contributed by atoms with E-state index in [-0.39, 0.29) is 18.0 Å². The lowest BCUT2D eigenvalue weighted by Crippen LogP contribution is -2.11. The van der Waals surface area contributed by atoms with E-state index in [1.165, 1.54) is 12.3 Å². The van der Waals surface area contributed by atoms with E-state index in [4.69, 9.17) is 4.42 Å². The Morgan fingerprint density at radius 1 is 1.24 bits per heavy atom. The Morgan fingerprint density at radius 2 is 2.00 bits per heavy atom. The fourth-order valence-electron chi connectivity index (χ4n) is 4.46. The van der Waals surface area contributed by atoms with Gasteiger partial charge in [0.1, 0.15) is 11.1 Å². The third-order valence-electron chi connectivity index (χ3n) is 6.16. The average molecular weight is 455 g/mol. The van der Waals surface area contributed by atoms with Crippen molar-refractivity contribution < 1.29 is 27.5 Å². The van der Waals surface area contributed by atoms with Crippen molar-refractivity contribution in [3.63, 3.8) is 0 Å². The number of furan rings is 1. The normalized spacial score (nSPS) is 19.1. The van der Waals surface area contributed by atoms with Crippen molar-refractivity contribution in [2.45, 2.75) is 38.4 Å². The quantitative estimate of drug-likeness (QED) is 0.371. The van der Waals surface area contributed by atoms with E-state index in [1.54, 1.807) is 18.2 Å². The number of hydrogen-bond acceptors (Lipinski definition) is 5. The standard InChI is InChI=1S/C24H20F3N3O3/c1-11-7-14(12(2)29-19-6-4-3-5-13(19)23(31)32)21-16(8-11)20-22(33-21)17(10-28-30-20)15-9-18(15)24(25,26)27/h3-8,10,12,15,18,29H,9H2,1-2H3,(H,31,32)/t12-,15?,18?/m1/s1. The number of carbonyl (C=O) groups is 1. The van der Waals surface area contributed by atoms with Gasteiger partial charge in [0.15, 0.2) is 5.58 Å².